The largest absolute Gasteiger partial charge is 0.323 e. The van der Waals surface area contributed by atoms with Crippen molar-refractivity contribution in [3.63, 3.8) is 0 Å². The van der Waals surface area contributed by atoms with Gasteiger partial charge in [-0.15, -0.1) is 0 Å². The minimum absolute atomic E-state index is 0.213. The maximum Gasteiger partial charge on any atom is 0.0784 e. The first-order valence-corrected chi connectivity index (χ1v) is 2.09. The lowest BCUT2D eigenvalue weighted by Gasteiger charge is -1.87. The first-order chi connectivity index (χ1) is 2.80. The van der Waals surface area contributed by atoms with E-state index in [9.17, 15) is 0 Å². The molecule has 1 rings (SSSR count). The molecule has 0 aromatic rings. The van der Waals surface area contributed by atoms with E-state index in [-0.39, 0.29) is 6.04 Å². The molecule has 0 amide bonds. The highest BCUT2D eigenvalue weighted by Crippen LogP contribution is 1.98. The highest BCUT2D eigenvalue weighted by molar-refractivity contribution is 6.00. The van der Waals surface area contributed by atoms with Crippen LogP contribution in [0.25, 0.3) is 0 Å². The Bertz CT molecular complexity index is 83.5. The molecule has 1 atom stereocenters. The van der Waals surface area contributed by atoms with Crippen molar-refractivity contribution in [2.75, 3.05) is 6.54 Å². The van der Waals surface area contributed by atoms with Crippen molar-refractivity contribution in [3.05, 3.63) is 0 Å². The van der Waals surface area contributed by atoms with Crippen molar-refractivity contribution in [2.24, 2.45) is 10.7 Å². The molecule has 0 fully saturated rings. The monoisotopic (exact) mass is 84.1 g/mol. The molecule has 0 spiro atoms. The second-order valence-corrected chi connectivity index (χ2v) is 1.60. The minimum Gasteiger partial charge on any atom is -0.323 e. The first kappa shape index (κ1) is 3.81. The summed E-state index contributed by atoms with van der Waals surface area (Å²) in [4.78, 5) is 3.89. The lowest BCUT2D eigenvalue weighted by molar-refractivity contribution is 0.992. The van der Waals surface area contributed by atoms with Gasteiger partial charge in [-0.1, -0.05) is 0 Å². The van der Waals surface area contributed by atoms with Crippen molar-refractivity contribution in [3.8, 4) is 0 Å². The van der Waals surface area contributed by atoms with Crippen LogP contribution in [-0.2, 0) is 0 Å². The molecular formula is C4H8N2. The maximum absolute atomic E-state index is 5.37. The fourth-order valence-electron chi connectivity index (χ4n) is 0.334. The number of aliphatic imine (C=N–C) groups is 1. The standard InChI is InChI=1S/C4H8N2/c1-3(5)4-2-6-4/h3H,2,5H2,1H3. The third kappa shape index (κ3) is 0.571. The quantitative estimate of drug-likeness (QED) is 0.469. The van der Waals surface area contributed by atoms with Crippen molar-refractivity contribution in [2.45, 2.75) is 13.0 Å². The molecule has 34 valence electrons. The summed E-state index contributed by atoms with van der Waals surface area (Å²) < 4.78 is 0. The molecule has 2 N–H and O–H groups in total. The van der Waals surface area contributed by atoms with Crippen LogP contribution in [0.1, 0.15) is 6.92 Å². The molecule has 1 aliphatic heterocycles. The zero-order valence-corrected chi connectivity index (χ0v) is 3.81. The van der Waals surface area contributed by atoms with Crippen molar-refractivity contribution in [1.29, 1.82) is 0 Å². The van der Waals surface area contributed by atoms with E-state index in [0.29, 0.717) is 0 Å². The van der Waals surface area contributed by atoms with Crippen LogP contribution >= 0.6 is 0 Å². The van der Waals surface area contributed by atoms with Gasteiger partial charge >= 0.3 is 0 Å². The molecule has 0 bridgehead atoms. The molecule has 0 aliphatic carbocycles. The number of nitrogens with two attached hydrogens (primary N) is 1. The second-order valence-electron chi connectivity index (χ2n) is 1.60. The topological polar surface area (TPSA) is 38.4 Å². The summed E-state index contributed by atoms with van der Waals surface area (Å²) in [5, 5.41) is 0. The molecule has 0 aromatic heterocycles. The lowest BCUT2D eigenvalue weighted by atomic mass is 10.3. The van der Waals surface area contributed by atoms with E-state index in [1.54, 1.807) is 0 Å². The lowest BCUT2D eigenvalue weighted by Crippen LogP contribution is -2.20. The van der Waals surface area contributed by atoms with Gasteiger partial charge in [-0.2, -0.15) is 0 Å². The van der Waals surface area contributed by atoms with Crippen LogP contribution in [0.3, 0.4) is 0 Å². The number of hydrogen-bond acceptors (Lipinski definition) is 2. The number of nitrogens with zero attached hydrogens (tertiary/aromatic N) is 1. The van der Waals surface area contributed by atoms with Gasteiger partial charge in [0.05, 0.1) is 12.3 Å². The molecule has 6 heavy (non-hydrogen) atoms. The van der Waals surface area contributed by atoms with Crippen LogP contribution in [-0.4, -0.2) is 18.3 Å². The average molecular weight is 84.1 g/mol. The van der Waals surface area contributed by atoms with Crippen LogP contribution in [0, 0.1) is 0 Å². The summed E-state index contributed by atoms with van der Waals surface area (Å²) >= 11 is 0. The maximum atomic E-state index is 5.37. The second kappa shape index (κ2) is 1.05. The normalized spacial score (nSPS) is 22.7. The summed E-state index contributed by atoms with van der Waals surface area (Å²) in [6.45, 7) is 2.86. The Morgan fingerprint density at radius 3 is 2.50 bits per heavy atom. The van der Waals surface area contributed by atoms with Gasteiger partial charge in [0.1, 0.15) is 0 Å². The summed E-state index contributed by atoms with van der Waals surface area (Å²) in [7, 11) is 0. The molecule has 2 nitrogen and oxygen atoms in total. The Morgan fingerprint density at radius 2 is 2.50 bits per heavy atom. The van der Waals surface area contributed by atoms with E-state index in [0.717, 1.165) is 12.3 Å². The van der Waals surface area contributed by atoms with Crippen LogP contribution < -0.4 is 5.73 Å². The Hall–Kier alpha value is -0.370. The van der Waals surface area contributed by atoms with E-state index < -0.39 is 0 Å². The molecule has 1 unspecified atom stereocenters. The third-order valence-corrected chi connectivity index (χ3v) is 0.866. The van der Waals surface area contributed by atoms with E-state index in [4.69, 9.17) is 5.73 Å². The molecule has 1 heterocycles. The summed E-state index contributed by atoms with van der Waals surface area (Å²) in [6, 6.07) is 0.213. The molecule has 0 saturated heterocycles. The number of hydrogen-bond donors (Lipinski definition) is 1. The van der Waals surface area contributed by atoms with E-state index >= 15 is 0 Å². The van der Waals surface area contributed by atoms with Gasteiger partial charge in [-0.05, 0) is 6.92 Å². The Kier molecular flexibility index (Phi) is 0.665. The van der Waals surface area contributed by atoms with Gasteiger partial charge in [0.15, 0.2) is 0 Å². The highest BCUT2D eigenvalue weighted by Gasteiger charge is 2.12. The predicted molar refractivity (Wildman–Crippen MR) is 26.0 cm³/mol. The predicted octanol–water partition coefficient (Wildman–Crippen LogP) is -0.212. The summed E-state index contributed by atoms with van der Waals surface area (Å²) in [5.41, 5.74) is 6.53. The van der Waals surface area contributed by atoms with Gasteiger partial charge in [-0.25, -0.2) is 0 Å². The van der Waals surface area contributed by atoms with Crippen molar-refractivity contribution in [1.82, 2.24) is 0 Å². The highest BCUT2D eigenvalue weighted by atomic mass is 14.9. The Labute approximate surface area is 37.1 Å². The average Bonchev–Trinajstić information content (AvgIpc) is 2.06. The van der Waals surface area contributed by atoms with Gasteiger partial charge in [0, 0.05) is 6.04 Å². The van der Waals surface area contributed by atoms with Crippen LogP contribution in [0.5, 0.6) is 0 Å². The Balaban J connectivity index is 2.31. The van der Waals surface area contributed by atoms with Crippen LogP contribution in [0.4, 0.5) is 0 Å². The molecule has 1 aliphatic rings. The van der Waals surface area contributed by atoms with Crippen molar-refractivity contribution >= 4 is 5.71 Å². The van der Waals surface area contributed by atoms with E-state index in [2.05, 4.69) is 4.99 Å². The van der Waals surface area contributed by atoms with E-state index in [1.807, 2.05) is 6.92 Å². The number of rotatable bonds is 1. The SMILES string of the molecule is CC(N)C1=NC1. The smallest absolute Gasteiger partial charge is 0.0784 e. The summed E-state index contributed by atoms with van der Waals surface area (Å²) in [6.07, 6.45) is 0. The zero-order valence-electron chi connectivity index (χ0n) is 3.81. The molecular weight excluding hydrogens is 76.1 g/mol. The van der Waals surface area contributed by atoms with Crippen LogP contribution in [0.15, 0.2) is 4.99 Å². The molecule has 0 radical (unpaired) electrons. The zero-order chi connectivity index (χ0) is 4.57. The van der Waals surface area contributed by atoms with Crippen LogP contribution in [0.2, 0.25) is 0 Å². The minimum atomic E-state index is 0.213. The third-order valence-electron chi connectivity index (χ3n) is 0.866. The fourth-order valence-corrected chi connectivity index (χ4v) is 0.334. The first-order valence-electron chi connectivity index (χ1n) is 2.09. The van der Waals surface area contributed by atoms with Crippen molar-refractivity contribution < 1.29 is 0 Å². The summed E-state index contributed by atoms with van der Waals surface area (Å²) in [5.74, 6) is 0. The molecule has 0 saturated carbocycles. The fraction of sp³-hybridized carbons (Fsp3) is 0.750. The van der Waals surface area contributed by atoms with Gasteiger partial charge in [-0.3, -0.25) is 4.99 Å². The van der Waals surface area contributed by atoms with Gasteiger partial charge in [0.25, 0.3) is 0 Å². The molecule has 2 heteroatoms. The van der Waals surface area contributed by atoms with Gasteiger partial charge < -0.3 is 5.73 Å². The van der Waals surface area contributed by atoms with Gasteiger partial charge in [0.2, 0.25) is 0 Å². The molecule has 0 aromatic carbocycles. The van der Waals surface area contributed by atoms with E-state index in [1.165, 1.54) is 0 Å². The Morgan fingerprint density at radius 1 is 2.00 bits per heavy atom.